The summed E-state index contributed by atoms with van der Waals surface area (Å²) < 4.78 is 5.66. The Morgan fingerprint density at radius 2 is 2.06 bits per heavy atom. The van der Waals surface area contributed by atoms with Gasteiger partial charge in [0.1, 0.15) is 11.8 Å². The molecule has 0 aliphatic heterocycles. The molecule has 0 radical (unpaired) electrons. The number of nitrogens with two attached hydrogens (primary N) is 1. The Bertz CT molecular complexity index is 1200. The number of benzene rings is 2. The van der Waals surface area contributed by atoms with Crippen LogP contribution in [0.5, 0.6) is 5.75 Å². The van der Waals surface area contributed by atoms with Crippen LogP contribution in [0.15, 0.2) is 54.2 Å². The van der Waals surface area contributed by atoms with Gasteiger partial charge in [0.2, 0.25) is 5.90 Å². The van der Waals surface area contributed by atoms with Crippen molar-refractivity contribution in [2.75, 3.05) is 0 Å². The summed E-state index contributed by atoms with van der Waals surface area (Å²) in [5.41, 5.74) is 3.51. The number of halogens is 1. The lowest BCUT2D eigenvalue weighted by molar-refractivity contribution is -0.139. The summed E-state index contributed by atoms with van der Waals surface area (Å²) >= 11 is 6.33. The monoisotopic (exact) mass is 470 g/mol. The average molecular weight is 471 g/mol. The van der Waals surface area contributed by atoms with Crippen molar-refractivity contribution in [2.24, 2.45) is 10.9 Å². The summed E-state index contributed by atoms with van der Waals surface area (Å²) in [5.74, 6) is 5.30. The van der Waals surface area contributed by atoms with Crippen LogP contribution in [0.25, 0.3) is 16.6 Å². The molecule has 0 aliphatic rings. The summed E-state index contributed by atoms with van der Waals surface area (Å²) in [6.45, 7) is 9.91. The summed E-state index contributed by atoms with van der Waals surface area (Å²) in [6.07, 6.45) is 1.82. The molecule has 1 atom stereocenters. The van der Waals surface area contributed by atoms with Crippen LogP contribution >= 0.6 is 11.6 Å². The molecule has 0 saturated heterocycles. The van der Waals surface area contributed by atoms with Crippen LogP contribution in [0, 0.1) is 0 Å². The van der Waals surface area contributed by atoms with Crippen LogP contribution in [0.1, 0.15) is 37.5 Å². The molecule has 9 heteroatoms. The van der Waals surface area contributed by atoms with Crippen molar-refractivity contribution in [1.29, 1.82) is 0 Å². The first-order valence-corrected chi connectivity index (χ1v) is 10.8. The van der Waals surface area contributed by atoms with Gasteiger partial charge in [-0.2, -0.15) is 5.90 Å². The van der Waals surface area contributed by atoms with Crippen molar-refractivity contribution in [3.63, 3.8) is 0 Å². The third kappa shape index (κ3) is 5.73. The Morgan fingerprint density at radius 3 is 2.70 bits per heavy atom. The summed E-state index contributed by atoms with van der Waals surface area (Å²) in [7, 11) is 0. The van der Waals surface area contributed by atoms with E-state index in [1.807, 2.05) is 38.2 Å². The van der Waals surface area contributed by atoms with E-state index in [1.165, 1.54) is 0 Å². The highest BCUT2D eigenvalue weighted by atomic mass is 35.5. The zero-order chi connectivity index (χ0) is 24.1. The van der Waals surface area contributed by atoms with Gasteiger partial charge in [-0.3, -0.25) is 4.79 Å². The molecule has 2 aromatic carbocycles. The number of carboxylic acid groups (broad SMARTS) is 1. The number of carbonyl (C=O) groups is 1. The minimum absolute atomic E-state index is 0.0132. The second-order valence-electron chi connectivity index (χ2n) is 7.78. The highest BCUT2D eigenvalue weighted by Crippen LogP contribution is 2.29. The first kappa shape index (κ1) is 24.3. The lowest BCUT2D eigenvalue weighted by Gasteiger charge is -2.13. The number of nitrogens with one attached hydrogen (secondary N) is 2. The summed E-state index contributed by atoms with van der Waals surface area (Å²) in [4.78, 5) is 23.8. The number of aliphatic imine (C=N–C) groups is 1. The minimum atomic E-state index is -0.906. The van der Waals surface area contributed by atoms with E-state index >= 15 is 0 Å². The van der Waals surface area contributed by atoms with Crippen molar-refractivity contribution in [3.8, 4) is 5.75 Å². The van der Waals surface area contributed by atoms with E-state index < -0.39 is 12.0 Å². The fourth-order valence-corrected chi connectivity index (χ4v) is 3.50. The number of H-pyrrole nitrogens is 1. The number of fused-ring (bicyclic) bond motifs is 1. The maximum Gasteiger partial charge on any atom is 0.320 e. The van der Waals surface area contributed by atoms with Gasteiger partial charge in [-0.25, -0.2) is 4.99 Å². The molecule has 174 valence electrons. The van der Waals surface area contributed by atoms with Crippen molar-refractivity contribution >= 4 is 40.1 Å². The maximum absolute atomic E-state index is 11.1. The van der Waals surface area contributed by atoms with Crippen LogP contribution in [0.3, 0.4) is 0 Å². The number of para-hydroxylation sites is 1. The smallest absolute Gasteiger partial charge is 0.320 e. The standard InChI is InChI=1S/C24H27ClN4O4/c1-13(2)32-21-9-8-16(10-20(21)25)23(33-26)29-14(3)18-6-5-7-19-17(12-28-22(18)19)11-27-15(4)24(30)31/h5-10,12-13,15,27-28H,3,11,26H2,1-2,4H3,(H,30,31)/t15-/m0/s1. The normalized spacial score (nSPS) is 12.7. The van der Waals surface area contributed by atoms with E-state index in [-0.39, 0.29) is 12.0 Å². The highest BCUT2D eigenvalue weighted by Gasteiger charge is 2.15. The Hall–Kier alpha value is -3.33. The molecule has 3 aromatic rings. The molecule has 0 aliphatic carbocycles. The van der Waals surface area contributed by atoms with E-state index in [4.69, 9.17) is 32.2 Å². The molecule has 5 N–H and O–H groups in total. The third-order valence-electron chi connectivity index (χ3n) is 4.97. The fourth-order valence-electron chi connectivity index (χ4n) is 3.27. The van der Waals surface area contributed by atoms with E-state index in [9.17, 15) is 4.79 Å². The highest BCUT2D eigenvalue weighted by molar-refractivity contribution is 6.32. The predicted molar refractivity (Wildman–Crippen MR) is 130 cm³/mol. The molecule has 1 aromatic heterocycles. The number of hydrogen-bond donors (Lipinski definition) is 4. The molecule has 33 heavy (non-hydrogen) atoms. The van der Waals surface area contributed by atoms with E-state index in [0.717, 1.165) is 22.0 Å². The molecule has 0 spiro atoms. The number of hydrogen-bond acceptors (Lipinski definition) is 6. The van der Waals surface area contributed by atoms with Crippen molar-refractivity contribution in [1.82, 2.24) is 10.3 Å². The van der Waals surface area contributed by atoms with Gasteiger partial charge >= 0.3 is 5.97 Å². The zero-order valence-electron chi connectivity index (χ0n) is 18.7. The molecule has 0 amide bonds. The lowest BCUT2D eigenvalue weighted by Crippen LogP contribution is -2.32. The first-order valence-electron chi connectivity index (χ1n) is 10.4. The van der Waals surface area contributed by atoms with Gasteiger partial charge in [-0.05, 0) is 44.5 Å². The number of ether oxygens (including phenoxy) is 1. The molecule has 1 heterocycles. The molecule has 0 unspecified atom stereocenters. The Balaban J connectivity index is 1.88. The van der Waals surface area contributed by atoms with Crippen molar-refractivity contribution in [2.45, 2.75) is 39.5 Å². The van der Waals surface area contributed by atoms with Crippen LogP contribution in [-0.4, -0.2) is 34.1 Å². The number of aliphatic carboxylic acids is 1. The zero-order valence-corrected chi connectivity index (χ0v) is 19.4. The average Bonchev–Trinajstić information content (AvgIpc) is 3.19. The summed E-state index contributed by atoms with van der Waals surface area (Å²) in [6, 6.07) is 10.2. The number of nitrogens with zero attached hydrogens (tertiary/aromatic N) is 1. The van der Waals surface area contributed by atoms with Crippen molar-refractivity contribution < 1.29 is 19.5 Å². The van der Waals surface area contributed by atoms with Gasteiger partial charge in [-0.1, -0.05) is 36.4 Å². The molecule has 0 bridgehead atoms. The van der Waals surface area contributed by atoms with E-state index in [0.29, 0.717) is 28.6 Å². The van der Waals surface area contributed by atoms with Gasteiger partial charge < -0.3 is 25.0 Å². The molecular formula is C24H27ClN4O4. The Labute approximate surface area is 197 Å². The predicted octanol–water partition coefficient (Wildman–Crippen LogP) is 4.48. The topological polar surface area (TPSA) is 122 Å². The first-order chi connectivity index (χ1) is 15.7. The third-order valence-corrected chi connectivity index (χ3v) is 5.27. The van der Waals surface area contributed by atoms with Crippen LogP contribution in [-0.2, 0) is 16.2 Å². The summed E-state index contributed by atoms with van der Waals surface area (Å²) in [5, 5.41) is 13.4. The van der Waals surface area contributed by atoms with Crippen molar-refractivity contribution in [3.05, 3.63) is 70.9 Å². The molecule has 0 saturated carbocycles. The Kier molecular flexibility index (Phi) is 7.75. The SMILES string of the molecule is C=C(N=C(ON)c1ccc(OC(C)C)c(Cl)c1)c1cccc2c(CN[C@@H](C)C(=O)O)c[nH]c12. The number of rotatable bonds is 9. The number of aromatic amines is 1. The lowest BCUT2D eigenvalue weighted by atomic mass is 10.1. The van der Waals surface area contributed by atoms with Crippen LogP contribution in [0.2, 0.25) is 5.02 Å². The van der Waals surface area contributed by atoms with Gasteiger partial charge in [0.05, 0.1) is 22.3 Å². The minimum Gasteiger partial charge on any atom is -0.489 e. The second-order valence-corrected chi connectivity index (χ2v) is 8.18. The van der Waals surface area contributed by atoms with Gasteiger partial charge in [-0.15, -0.1) is 0 Å². The van der Waals surface area contributed by atoms with Crippen LogP contribution in [0.4, 0.5) is 0 Å². The van der Waals surface area contributed by atoms with Crippen LogP contribution < -0.4 is 16.0 Å². The number of carboxylic acids is 1. The second kappa shape index (κ2) is 10.5. The quantitative estimate of drug-likeness (QED) is 0.208. The molecule has 3 rings (SSSR count). The van der Waals surface area contributed by atoms with Gasteiger partial charge in [0.15, 0.2) is 0 Å². The van der Waals surface area contributed by atoms with Gasteiger partial charge in [0.25, 0.3) is 0 Å². The maximum atomic E-state index is 11.1. The largest absolute Gasteiger partial charge is 0.489 e. The molecule has 8 nitrogen and oxygen atoms in total. The molecular weight excluding hydrogens is 444 g/mol. The number of aromatic nitrogens is 1. The van der Waals surface area contributed by atoms with E-state index in [2.05, 4.69) is 21.9 Å². The fraction of sp³-hybridized carbons (Fsp3) is 0.250. The van der Waals surface area contributed by atoms with E-state index in [1.54, 1.807) is 25.1 Å². The van der Waals surface area contributed by atoms with Gasteiger partial charge in [0, 0.05) is 29.3 Å². The molecule has 0 fully saturated rings. The Morgan fingerprint density at radius 1 is 1.30 bits per heavy atom.